The minimum atomic E-state index is -4.27. The fourth-order valence-corrected chi connectivity index (χ4v) is 4.19. The van der Waals surface area contributed by atoms with E-state index < -0.39 is 38.6 Å². The molecule has 0 fully saturated rings. The van der Waals surface area contributed by atoms with E-state index in [9.17, 15) is 27.8 Å². The van der Waals surface area contributed by atoms with Crippen LogP contribution in [0.25, 0.3) is 11.1 Å². The molecule has 33 heavy (non-hydrogen) atoms. The Morgan fingerprint density at radius 1 is 1.06 bits per heavy atom. The van der Waals surface area contributed by atoms with Crippen LogP contribution in [0.2, 0.25) is 0 Å². The molecule has 0 amide bonds. The molecule has 3 rings (SSSR count). The highest BCUT2D eigenvalue weighted by Gasteiger charge is 2.20. The van der Waals surface area contributed by atoms with Crippen LogP contribution in [0.3, 0.4) is 0 Å². The molecule has 3 aromatic rings. The lowest BCUT2D eigenvalue weighted by Crippen LogP contribution is -2.20. The van der Waals surface area contributed by atoms with E-state index in [0.29, 0.717) is 0 Å². The molecular formula is C23H22FNO7S. The number of hydrogen-bond donors (Lipinski definition) is 3. The molecule has 174 valence electrons. The molecule has 0 saturated heterocycles. The van der Waals surface area contributed by atoms with Gasteiger partial charge in [0.05, 0.1) is 17.2 Å². The maximum absolute atomic E-state index is 14.2. The summed E-state index contributed by atoms with van der Waals surface area (Å²) >= 11 is 0. The number of sulfonamides is 1. The molecule has 1 unspecified atom stereocenters. The third kappa shape index (κ3) is 5.79. The van der Waals surface area contributed by atoms with Crippen molar-refractivity contribution in [3.8, 4) is 22.6 Å². The van der Waals surface area contributed by atoms with Gasteiger partial charge in [-0.2, -0.15) is 0 Å². The van der Waals surface area contributed by atoms with E-state index in [1.165, 1.54) is 37.4 Å². The van der Waals surface area contributed by atoms with Gasteiger partial charge in [0.1, 0.15) is 29.0 Å². The molecule has 0 aliphatic carbocycles. The van der Waals surface area contributed by atoms with Gasteiger partial charge in [0.2, 0.25) is 0 Å². The maximum Gasteiger partial charge on any atom is 0.342 e. The van der Waals surface area contributed by atoms with E-state index in [1.54, 1.807) is 19.1 Å². The molecule has 8 nitrogen and oxygen atoms in total. The van der Waals surface area contributed by atoms with Crippen molar-refractivity contribution in [3.63, 3.8) is 0 Å². The fraction of sp³-hybridized carbons (Fsp3) is 0.174. The summed E-state index contributed by atoms with van der Waals surface area (Å²) in [4.78, 5) is 11.8. The summed E-state index contributed by atoms with van der Waals surface area (Å²) in [7, 11) is -2.82. The molecule has 0 radical (unpaired) electrons. The summed E-state index contributed by atoms with van der Waals surface area (Å²) in [6.07, 6.45) is -0.550. The molecule has 0 aliphatic rings. The van der Waals surface area contributed by atoms with E-state index in [1.807, 2.05) is 0 Å². The Balaban J connectivity index is 1.86. The SMILES string of the molecule is COCC(C)OC(=O)c1ccc(NS(=O)(=O)c2cc(F)cc(-c3ccccc3O)c2)cc1O. The highest BCUT2D eigenvalue weighted by Crippen LogP contribution is 2.32. The molecule has 0 saturated carbocycles. The van der Waals surface area contributed by atoms with Crippen molar-refractivity contribution in [2.45, 2.75) is 17.9 Å². The van der Waals surface area contributed by atoms with Crippen LogP contribution < -0.4 is 4.72 Å². The normalized spacial score (nSPS) is 12.2. The van der Waals surface area contributed by atoms with Gasteiger partial charge in [-0.25, -0.2) is 17.6 Å². The lowest BCUT2D eigenvalue weighted by atomic mass is 10.0. The molecular weight excluding hydrogens is 453 g/mol. The highest BCUT2D eigenvalue weighted by atomic mass is 32.2. The van der Waals surface area contributed by atoms with E-state index >= 15 is 0 Å². The number of nitrogens with one attached hydrogen (secondary N) is 1. The van der Waals surface area contributed by atoms with E-state index in [-0.39, 0.29) is 34.7 Å². The van der Waals surface area contributed by atoms with Gasteiger partial charge >= 0.3 is 5.97 Å². The third-order valence-corrected chi connectivity index (χ3v) is 5.94. The summed E-state index contributed by atoms with van der Waals surface area (Å²) in [5, 5.41) is 20.2. The largest absolute Gasteiger partial charge is 0.507 e. The molecule has 1 atom stereocenters. The molecule has 3 aromatic carbocycles. The van der Waals surface area contributed by atoms with Crippen LogP contribution in [-0.2, 0) is 19.5 Å². The van der Waals surface area contributed by atoms with Crippen molar-refractivity contribution in [1.82, 2.24) is 0 Å². The Kier molecular flexibility index (Phi) is 7.19. The number of phenolic OH excluding ortho intramolecular Hbond substituents is 2. The van der Waals surface area contributed by atoms with Gasteiger partial charge in [-0.1, -0.05) is 18.2 Å². The first kappa shape index (κ1) is 24.0. The number of phenols is 2. The van der Waals surface area contributed by atoms with Crippen molar-refractivity contribution >= 4 is 21.7 Å². The Hall–Kier alpha value is -3.63. The number of methoxy groups -OCH3 is 1. The fourth-order valence-electron chi connectivity index (χ4n) is 3.09. The topological polar surface area (TPSA) is 122 Å². The van der Waals surface area contributed by atoms with E-state index in [0.717, 1.165) is 18.2 Å². The van der Waals surface area contributed by atoms with Crippen molar-refractivity contribution in [2.24, 2.45) is 0 Å². The van der Waals surface area contributed by atoms with Crippen molar-refractivity contribution < 1.29 is 37.3 Å². The zero-order valence-corrected chi connectivity index (χ0v) is 18.6. The van der Waals surface area contributed by atoms with E-state index in [2.05, 4.69) is 4.72 Å². The van der Waals surface area contributed by atoms with Gasteiger partial charge in [-0.3, -0.25) is 4.72 Å². The molecule has 0 heterocycles. The van der Waals surface area contributed by atoms with Gasteiger partial charge in [0.25, 0.3) is 10.0 Å². The van der Waals surface area contributed by atoms with Gasteiger partial charge in [-0.15, -0.1) is 0 Å². The van der Waals surface area contributed by atoms with Crippen LogP contribution in [-0.4, -0.2) is 44.4 Å². The van der Waals surface area contributed by atoms with Crippen LogP contribution in [0, 0.1) is 5.82 Å². The maximum atomic E-state index is 14.2. The number of benzene rings is 3. The lowest BCUT2D eigenvalue weighted by Gasteiger charge is -2.14. The quantitative estimate of drug-likeness (QED) is 0.423. The zero-order chi connectivity index (χ0) is 24.2. The first-order valence-electron chi connectivity index (χ1n) is 9.75. The number of rotatable bonds is 8. The number of carbonyl (C=O) groups excluding carboxylic acids is 1. The molecule has 3 N–H and O–H groups in total. The van der Waals surface area contributed by atoms with Crippen LogP contribution in [0.5, 0.6) is 11.5 Å². The molecule has 0 spiro atoms. The predicted molar refractivity (Wildman–Crippen MR) is 119 cm³/mol. The standard InChI is InChI=1S/C23H22FNO7S/c1-14(13-31-2)32-23(28)20-8-7-17(12-22(20)27)25-33(29,30)18-10-15(9-16(24)11-18)19-5-3-4-6-21(19)26/h3-12,14,25-27H,13H2,1-2H3. The first-order valence-corrected chi connectivity index (χ1v) is 11.2. The van der Waals surface area contributed by atoms with Crippen molar-refractivity contribution in [1.29, 1.82) is 0 Å². The first-order chi connectivity index (χ1) is 15.6. The van der Waals surface area contributed by atoms with Crippen LogP contribution in [0.15, 0.2) is 65.6 Å². The summed E-state index contributed by atoms with van der Waals surface area (Å²) in [6.45, 7) is 1.78. The molecule has 0 aliphatic heterocycles. The molecule has 0 aromatic heterocycles. The highest BCUT2D eigenvalue weighted by molar-refractivity contribution is 7.92. The van der Waals surface area contributed by atoms with Gasteiger partial charge in [0, 0.05) is 18.7 Å². The van der Waals surface area contributed by atoms with Gasteiger partial charge in [0.15, 0.2) is 0 Å². The average Bonchev–Trinajstić information content (AvgIpc) is 2.73. The minimum absolute atomic E-state index is 0.0534. The summed E-state index contributed by atoms with van der Waals surface area (Å²) in [5.74, 6) is -2.25. The Morgan fingerprint density at radius 2 is 1.79 bits per heavy atom. The van der Waals surface area contributed by atoms with Crippen LogP contribution in [0.4, 0.5) is 10.1 Å². The second kappa shape index (κ2) is 9.88. The van der Waals surface area contributed by atoms with E-state index in [4.69, 9.17) is 9.47 Å². The number of aromatic hydroxyl groups is 2. The Bertz CT molecular complexity index is 1280. The smallest absolute Gasteiger partial charge is 0.342 e. The lowest BCUT2D eigenvalue weighted by molar-refractivity contribution is 0.0118. The summed E-state index contributed by atoms with van der Waals surface area (Å²) in [5.41, 5.74) is 0.215. The van der Waals surface area contributed by atoms with Crippen LogP contribution in [0.1, 0.15) is 17.3 Å². The number of hydrogen-bond acceptors (Lipinski definition) is 7. The molecule has 0 bridgehead atoms. The second-order valence-corrected chi connectivity index (χ2v) is 8.88. The monoisotopic (exact) mass is 475 g/mol. The zero-order valence-electron chi connectivity index (χ0n) is 17.8. The van der Waals surface area contributed by atoms with Gasteiger partial charge < -0.3 is 19.7 Å². The van der Waals surface area contributed by atoms with Gasteiger partial charge in [-0.05, 0) is 48.9 Å². The second-order valence-electron chi connectivity index (χ2n) is 7.20. The Morgan fingerprint density at radius 3 is 2.45 bits per heavy atom. The molecule has 10 heteroatoms. The minimum Gasteiger partial charge on any atom is -0.507 e. The number of halogens is 1. The number of para-hydroxylation sites is 1. The number of anilines is 1. The number of ether oxygens (including phenoxy) is 2. The summed E-state index contributed by atoms with van der Waals surface area (Å²) < 4.78 is 52.1. The van der Waals surface area contributed by atoms with Crippen molar-refractivity contribution in [2.75, 3.05) is 18.4 Å². The average molecular weight is 475 g/mol. The third-order valence-electron chi connectivity index (χ3n) is 4.58. The van der Waals surface area contributed by atoms with Crippen LogP contribution >= 0.6 is 0 Å². The number of esters is 1. The van der Waals surface area contributed by atoms with Crippen molar-refractivity contribution in [3.05, 3.63) is 72.0 Å². The summed E-state index contributed by atoms with van der Waals surface area (Å²) in [6, 6.07) is 12.8. The predicted octanol–water partition coefficient (Wildman–Crippen LogP) is 3.90. The number of carbonyl (C=O) groups is 1. The Labute approximate surface area is 190 Å².